The number of ether oxygens (including phenoxy) is 2. The molecular formula is C20H26F2N2O4S. The molecule has 2 aromatic rings. The Morgan fingerprint density at radius 2 is 1.79 bits per heavy atom. The Balaban J connectivity index is 2.03. The van der Waals surface area contributed by atoms with Crippen molar-refractivity contribution in [3.8, 4) is 11.5 Å². The average Bonchev–Trinajstić information content (AvgIpc) is 2.71. The number of benzene rings is 2. The van der Waals surface area contributed by atoms with Crippen molar-refractivity contribution < 1.29 is 26.7 Å². The van der Waals surface area contributed by atoms with Crippen LogP contribution in [0.5, 0.6) is 11.5 Å². The Morgan fingerprint density at radius 1 is 1.10 bits per heavy atom. The SMILES string of the molecule is CCCCN(C)S(=O)(=O)c1ccc(NCc2ccc(OC(F)F)c(OC)c2)cc1. The smallest absolute Gasteiger partial charge is 0.387 e. The topological polar surface area (TPSA) is 67.9 Å². The van der Waals surface area contributed by atoms with Gasteiger partial charge < -0.3 is 14.8 Å². The van der Waals surface area contributed by atoms with Gasteiger partial charge in [0, 0.05) is 25.8 Å². The Hall–Kier alpha value is -2.39. The molecule has 0 aromatic heterocycles. The van der Waals surface area contributed by atoms with Gasteiger partial charge in [-0.15, -0.1) is 0 Å². The van der Waals surface area contributed by atoms with Gasteiger partial charge in [0.1, 0.15) is 0 Å². The first-order valence-corrected chi connectivity index (χ1v) is 10.6. The normalized spacial score (nSPS) is 11.7. The van der Waals surface area contributed by atoms with E-state index in [1.54, 1.807) is 43.4 Å². The third-order valence-corrected chi connectivity index (χ3v) is 6.20. The summed E-state index contributed by atoms with van der Waals surface area (Å²) in [6.07, 6.45) is 1.72. The third kappa shape index (κ3) is 6.30. The predicted molar refractivity (Wildman–Crippen MR) is 108 cm³/mol. The number of rotatable bonds is 11. The van der Waals surface area contributed by atoms with Crippen LogP contribution in [0.2, 0.25) is 0 Å². The zero-order valence-corrected chi connectivity index (χ0v) is 17.5. The van der Waals surface area contributed by atoms with Crippen LogP contribution in [0.15, 0.2) is 47.4 Å². The summed E-state index contributed by atoms with van der Waals surface area (Å²) in [4.78, 5) is 0.233. The summed E-state index contributed by atoms with van der Waals surface area (Å²) < 4.78 is 60.7. The van der Waals surface area contributed by atoms with E-state index < -0.39 is 16.6 Å². The van der Waals surface area contributed by atoms with Gasteiger partial charge in [0.2, 0.25) is 10.0 Å². The highest BCUT2D eigenvalue weighted by Crippen LogP contribution is 2.29. The van der Waals surface area contributed by atoms with E-state index in [4.69, 9.17) is 4.74 Å². The number of hydrogen-bond acceptors (Lipinski definition) is 5. The van der Waals surface area contributed by atoms with Gasteiger partial charge in [0.25, 0.3) is 0 Å². The maximum absolute atomic E-state index is 12.5. The monoisotopic (exact) mass is 428 g/mol. The molecule has 0 unspecified atom stereocenters. The summed E-state index contributed by atoms with van der Waals surface area (Å²) in [6, 6.07) is 11.2. The fourth-order valence-electron chi connectivity index (χ4n) is 2.65. The van der Waals surface area contributed by atoms with Crippen LogP contribution in [0.3, 0.4) is 0 Å². The van der Waals surface area contributed by atoms with E-state index in [9.17, 15) is 17.2 Å². The fourth-order valence-corrected chi connectivity index (χ4v) is 3.85. The van der Waals surface area contributed by atoms with E-state index in [0.29, 0.717) is 13.1 Å². The Bertz CT molecular complexity index is 890. The highest BCUT2D eigenvalue weighted by Gasteiger charge is 2.19. The van der Waals surface area contributed by atoms with E-state index in [1.807, 2.05) is 6.92 Å². The first-order chi connectivity index (χ1) is 13.8. The molecule has 29 heavy (non-hydrogen) atoms. The van der Waals surface area contributed by atoms with E-state index in [1.165, 1.54) is 17.5 Å². The molecule has 0 aliphatic carbocycles. The summed E-state index contributed by atoms with van der Waals surface area (Å²) in [5, 5.41) is 3.16. The largest absolute Gasteiger partial charge is 0.493 e. The molecule has 1 N–H and O–H groups in total. The van der Waals surface area contributed by atoms with E-state index in [2.05, 4.69) is 10.1 Å². The Kier molecular flexibility index (Phi) is 8.21. The van der Waals surface area contributed by atoms with Crippen LogP contribution in [0.1, 0.15) is 25.3 Å². The number of methoxy groups -OCH3 is 1. The number of unbranched alkanes of at least 4 members (excludes halogenated alkanes) is 1. The van der Waals surface area contributed by atoms with Crippen molar-refractivity contribution in [1.82, 2.24) is 4.31 Å². The number of sulfonamides is 1. The molecule has 0 aliphatic rings. The summed E-state index contributed by atoms with van der Waals surface area (Å²) in [6.45, 7) is -0.0426. The van der Waals surface area contributed by atoms with Gasteiger partial charge >= 0.3 is 6.61 Å². The minimum Gasteiger partial charge on any atom is -0.493 e. The predicted octanol–water partition coefficient (Wildman–Crippen LogP) is 4.33. The quantitative estimate of drug-likeness (QED) is 0.577. The van der Waals surface area contributed by atoms with Crippen molar-refractivity contribution in [2.45, 2.75) is 37.8 Å². The number of nitrogens with one attached hydrogen (secondary N) is 1. The molecule has 9 heteroatoms. The number of anilines is 1. The van der Waals surface area contributed by atoms with Gasteiger partial charge in [-0.3, -0.25) is 0 Å². The van der Waals surface area contributed by atoms with Crippen LogP contribution in [0, 0.1) is 0 Å². The first kappa shape index (κ1) is 22.9. The second-order valence-corrected chi connectivity index (χ2v) is 8.47. The lowest BCUT2D eigenvalue weighted by Gasteiger charge is -2.17. The van der Waals surface area contributed by atoms with Crippen molar-refractivity contribution in [1.29, 1.82) is 0 Å². The highest BCUT2D eigenvalue weighted by molar-refractivity contribution is 7.89. The maximum atomic E-state index is 12.5. The van der Waals surface area contributed by atoms with Gasteiger partial charge in [-0.1, -0.05) is 19.4 Å². The van der Waals surface area contributed by atoms with Crippen molar-refractivity contribution in [2.75, 3.05) is 26.0 Å². The maximum Gasteiger partial charge on any atom is 0.387 e. The van der Waals surface area contributed by atoms with Crippen molar-refractivity contribution >= 4 is 15.7 Å². The molecule has 0 fully saturated rings. The first-order valence-electron chi connectivity index (χ1n) is 9.20. The molecule has 0 saturated carbocycles. The zero-order valence-electron chi connectivity index (χ0n) is 16.7. The van der Waals surface area contributed by atoms with E-state index in [-0.39, 0.29) is 16.4 Å². The lowest BCUT2D eigenvalue weighted by Crippen LogP contribution is -2.27. The zero-order chi connectivity index (χ0) is 21.4. The summed E-state index contributed by atoms with van der Waals surface area (Å²) in [5.41, 5.74) is 1.52. The highest BCUT2D eigenvalue weighted by atomic mass is 32.2. The number of nitrogens with zero attached hydrogens (tertiary/aromatic N) is 1. The lowest BCUT2D eigenvalue weighted by molar-refractivity contribution is -0.0512. The molecule has 0 bridgehead atoms. The number of alkyl halides is 2. The molecular weight excluding hydrogens is 402 g/mol. The second kappa shape index (κ2) is 10.4. The molecule has 6 nitrogen and oxygen atoms in total. The second-order valence-electron chi connectivity index (χ2n) is 6.42. The molecule has 2 rings (SSSR count). The van der Waals surface area contributed by atoms with Crippen LogP contribution in [-0.2, 0) is 16.6 Å². The standard InChI is InChI=1S/C20H26F2N2O4S/c1-4-5-12-24(2)29(25,26)17-9-7-16(8-10-17)23-14-15-6-11-18(28-20(21)22)19(13-15)27-3/h6-11,13,20,23H,4-5,12,14H2,1-3H3. The van der Waals surface area contributed by atoms with Crippen LogP contribution < -0.4 is 14.8 Å². The van der Waals surface area contributed by atoms with Crippen molar-refractivity contribution in [3.05, 3.63) is 48.0 Å². The number of halogens is 2. The molecule has 160 valence electrons. The molecule has 0 saturated heterocycles. The minimum absolute atomic E-state index is 0.0343. The summed E-state index contributed by atoms with van der Waals surface area (Å²) in [5.74, 6) is 0.175. The van der Waals surface area contributed by atoms with Crippen LogP contribution in [-0.4, -0.2) is 40.0 Å². The van der Waals surface area contributed by atoms with Crippen LogP contribution in [0.25, 0.3) is 0 Å². The van der Waals surface area contributed by atoms with Gasteiger partial charge in [-0.2, -0.15) is 8.78 Å². The fraction of sp³-hybridized carbons (Fsp3) is 0.400. The number of hydrogen-bond donors (Lipinski definition) is 1. The molecule has 2 aromatic carbocycles. The van der Waals surface area contributed by atoms with Gasteiger partial charge in [-0.25, -0.2) is 12.7 Å². The van der Waals surface area contributed by atoms with Crippen LogP contribution >= 0.6 is 0 Å². The molecule has 0 radical (unpaired) electrons. The summed E-state index contributed by atoms with van der Waals surface area (Å²) in [7, 11) is -0.553. The van der Waals surface area contributed by atoms with Gasteiger partial charge in [-0.05, 0) is 48.4 Å². The minimum atomic E-state index is -3.51. The Labute approximate surface area is 170 Å². The van der Waals surface area contributed by atoms with Crippen molar-refractivity contribution in [3.63, 3.8) is 0 Å². The molecule has 0 aliphatic heterocycles. The summed E-state index contributed by atoms with van der Waals surface area (Å²) >= 11 is 0. The molecule has 0 heterocycles. The molecule has 0 spiro atoms. The molecule has 0 atom stereocenters. The molecule has 0 amide bonds. The van der Waals surface area contributed by atoms with Gasteiger partial charge in [0.15, 0.2) is 11.5 Å². The van der Waals surface area contributed by atoms with Crippen LogP contribution in [0.4, 0.5) is 14.5 Å². The Morgan fingerprint density at radius 3 is 2.38 bits per heavy atom. The average molecular weight is 429 g/mol. The lowest BCUT2D eigenvalue weighted by atomic mass is 10.2. The van der Waals surface area contributed by atoms with E-state index >= 15 is 0 Å². The van der Waals surface area contributed by atoms with Gasteiger partial charge in [0.05, 0.1) is 12.0 Å². The van der Waals surface area contributed by atoms with Crippen molar-refractivity contribution in [2.24, 2.45) is 0 Å². The third-order valence-electron chi connectivity index (χ3n) is 4.33. The van der Waals surface area contributed by atoms with E-state index in [0.717, 1.165) is 24.1 Å².